The van der Waals surface area contributed by atoms with Crippen LogP contribution in [0, 0.1) is 0 Å². The monoisotopic (exact) mass is 318 g/mol. The molecule has 3 aromatic rings. The molecular weight excluding hydrogens is 308 g/mol. The maximum absolute atomic E-state index is 12.0. The van der Waals surface area contributed by atoms with Crippen LogP contribution in [0.1, 0.15) is 5.56 Å². The number of rotatable bonds is 2. The molecule has 112 valence electrons. The van der Waals surface area contributed by atoms with Crippen LogP contribution in [-0.4, -0.2) is 30.5 Å². The van der Waals surface area contributed by atoms with Crippen molar-refractivity contribution in [1.29, 1.82) is 0 Å². The molecule has 9 heteroatoms. The summed E-state index contributed by atoms with van der Waals surface area (Å²) in [6.45, 7) is 0. The first-order chi connectivity index (χ1) is 10.5. The first-order valence-corrected chi connectivity index (χ1v) is 6.68. The Bertz CT molecular complexity index is 996. The zero-order valence-corrected chi connectivity index (χ0v) is 12.5. The molecule has 0 saturated carbocycles. The van der Waals surface area contributed by atoms with E-state index >= 15 is 0 Å². The SMILES string of the molecule is Cn1c(=O)c2nnn(N=Cc3ccc(Cl)cc3)c2n(C)c1=O. The lowest BCUT2D eigenvalue weighted by molar-refractivity contribution is 0.666. The molecule has 0 aliphatic carbocycles. The maximum atomic E-state index is 12.0. The smallest absolute Gasteiger partial charge is 0.278 e. The summed E-state index contributed by atoms with van der Waals surface area (Å²) in [5.74, 6) is 0. The Hall–Kier alpha value is -2.74. The number of benzene rings is 1. The Balaban J connectivity index is 2.15. The van der Waals surface area contributed by atoms with Gasteiger partial charge in [-0.25, -0.2) is 4.79 Å². The topological polar surface area (TPSA) is 87.1 Å². The van der Waals surface area contributed by atoms with E-state index in [2.05, 4.69) is 15.4 Å². The standard InChI is InChI=1S/C13H11ClN6O2/c1-18-11-10(12(21)19(2)13(18)22)16-17-20(11)15-7-8-3-5-9(14)6-4-8/h3-7H,1-2H3. The molecule has 8 nitrogen and oxygen atoms in total. The molecular formula is C13H11ClN6O2. The minimum absolute atomic E-state index is 0.0813. The van der Waals surface area contributed by atoms with Crippen molar-refractivity contribution in [2.45, 2.75) is 0 Å². The Morgan fingerprint density at radius 3 is 2.50 bits per heavy atom. The molecule has 3 rings (SSSR count). The second kappa shape index (κ2) is 5.23. The Morgan fingerprint density at radius 2 is 1.82 bits per heavy atom. The third-order valence-corrected chi connectivity index (χ3v) is 3.47. The van der Waals surface area contributed by atoms with E-state index in [0.717, 1.165) is 14.9 Å². The van der Waals surface area contributed by atoms with Crippen LogP contribution in [-0.2, 0) is 14.1 Å². The number of aryl methyl sites for hydroxylation is 1. The van der Waals surface area contributed by atoms with Gasteiger partial charge in [0.25, 0.3) is 5.56 Å². The first kappa shape index (κ1) is 14.2. The Labute approximate surface area is 128 Å². The average Bonchev–Trinajstić information content (AvgIpc) is 2.94. The molecule has 0 unspecified atom stereocenters. The maximum Gasteiger partial charge on any atom is 0.332 e. The predicted octanol–water partition coefficient (Wildman–Crippen LogP) is 0.364. The van der Waals surface area contributed by atoms with E-state index < -0.39 is 11.2 Å². The fourth-order valence-electron chi connectivity index (χ4n) is 2.01. The van der Waals surface area contributed by atoms with Crippen LogP contribution in [0.2, 0.25) is 5.02 Å². The van der Waals surface area contributed by atoms with Gasteiger partial charge < -0.3 is 0 Å². The van der Waals surface area contributed by atoms with E-state index in [4.69, 9.17) is 11.6 Å². The summed E-state index contributed by atoms with van der Waals surface area (Å²) >= 11 is 5.81. The summed E-state index contributed by atoms with van der Waals surface area (Å²) in [6.07, 6.45) is 1.53. The second-order valence-corrected chi connectivity index (χ2v) is 5.09. The molecule has 0 bridgehead atoms. The van der Waals surface area contributed by atoms with Gasteiger partial charge in [0.15, 0.2) is 11.2 Å². The molecule has 0 aliphatic heterocycles. The lowest BCUT2D eigenvalue weighted by atomic mass is 10.2. The second-order valence-electron chi connectivity index (χ2n) is 4.65. The number of halogens is 1. The van der Waals surface area contributed by atoms with Crippen molar-refractivity contribution in [1.82, 2.24) is 24.2 Å². The van der Waals surface area contributed by atoms with Gasteiger partial charge in [-0.15, -0.1) is 9.89 Å². The van der Waals surface area contributed by atoms with Crippen molar-refractivity contribution < 1.29 is 0 Å². The fourth-order valence-corrected chi connectivity index (χ4v) is 2.14. The van der Waals surface area contributed by atoms with E-state index in [9.17, 15) is 9.59 Å². The highest BCUT2D eigenvalue weighted by Crippen LogP contribution is 2.08. The molecule has 0 atom stereocenters. The van der Waals surface area contributed by atoms with Crippen molar-refractivity contribution in [3.05, 3.63) is 55.7 Å². The zero-order valence-electron chi connectivity index (χ0n) is 11.8. The summed E-state index contributed by atoms with van der Waals surface area (Å²) in [4.78, 5) is 25.1. The molecule has 0 N–H and O–H groups in total. The Kier molecular flexibility index (Phi) is 3.38. The van der Waals surface area contributed by atoms with E-state index in [-0.39, 0.29) is 11.2 Å². The van der Waals surface area contributed by atoms with Gasteiger partial charge in [0.1, 0.15) is 0 Å². The third kappa shape index (κ3) is 2.23. The number of hydrogen-bond donors (Lipinski definition) is 0. The molecule has 0 amide bonds. The molecule has 2 heterocycles. The molecule has 2 aromatic heterocycles. The molecule has 22 heavy (non-hydrogen) atoms. The molecule has 0 saturated heterocycles. The number of fused-ring (bicyclic) bond motifs is 1. The van der Waals surface area contributed by atoms with E-state index in [1.807, 2.05) is 0 Å². The van der Waals surface area contributed by atoms with Crippen LogP contribution in [0.4, 0.5) is 0 Å². The lowest BCUT2D eigenvalue weighted by Crippen LogP contribution is -2.37. The van der Waals surface area contributed by atoms with Gasteiger partial charge >= 0.3 is 5.69 Å². The van der Waals surface area contributed by atoms with Crippen molar-refractivity contribution in [2.75, 3.05) is 0 Å². The van der Waals surface area contributed by atoms with Crippen LogP contribution in [0.25, 0.3) is 11.2 Å². The largest absolute Gasteiger partial charge is 0.332 e. The van der Waals surface area contributed by atoms with Gasteiger partial charge in [-0.3, -0.25) is 13.9 Å². The minimum Gasteiger partial charge on any atom is -0.278 e. The summed E-state index contributed by atoms with van der Waals surface area (Å²) in [5.41, 5.74) is 0.131. The summed E-state index contributed by atoms with van der Waals surface area (Å²) < 4.78 is 2.25. The minimum atomic E-state index is -0.508. The van der Waals surface area contributed by atoms with E-state index in [1.165, 1.54) is 24.9 Å². The predicted molar refractivity (Wildman–Crippen MR) is 82.5 cm³/mol. The summed E-state index contributed by atoms with van der Waals surface area (Å²) in [7, 11) is 2.92. The van der Waals surface area contributed by atoms with Crippen LogP contribution < -0.4 is 11.2 Å². The highest BCUT2D eigenvalue weighted by atomic mass is 35.5. The zero-order chi connectivity index (χ0) is 15.9. The Morgan fingerprint density at radius 1 is 1.14 bits per heavy atom. The normalized spacial score (nSPS) is 11.6. The van der Waals surface area contributed by atoms with Crippen molar-refractivity contribution in [3.63, 3.8) is 0 Å². The van der Waals surface area contributed by atoms with Crippen LogP contribution in [0.15, 0.2) is 39.0 Å². The fraction of sp³-hybridized carbons (Fsp3) is 0.154. The van der Waals surface area contributed by atoms with Gasteiger partial charge in [0, 0.05) is 19.1 Å². The van der Waals surface area contributed by atoms with E-state index in [0.29, 0.717) is 5.02 Å². The van der Waals surface area contributed by atoms with Gasteiger partial charge in [0.2, 0.25) is 0 Å². The van der Waals surface area contributed by atoms with Gasteiger partial charge in [-0.05, 0) is 22.9 Å². The first-order valence-electron chi connectivity index (χ1n) is 6.30. The van der Waals surface area contributed by atoms with Crippen LogP contribution in [0.3, 0.4) is 0 Å². The van der Waals surface area contributed by atoms with Gasteiger partial charge in [-0.2, -0.15) is 5.10 Å². The quantitative estimate of drug-likeness (QED) is 0.638. The number of aromatic nitrogens is 5. The average molecular weight is 319 g/mol. The highest BCUT2D eigenvalue weighted by molar-refractivity contribution is 6.30. The van der Waals surface area contributed by atoms with Crippen LogP contribution in [0.5, 0.6) is 0 Å². The van der Waals surface area contributed by atoms with Crippen molar-refractivity contribution >= 4 is 29.0 Å². The van der Waals surface area contributed by atoms with Crippen molar-refractivity contribution in [2.24, 2.45) is 19.2 Å². The lowest BCUT2D eigenvalue weighted by Gasteiger charge is -2.03. The molecule has 0 aliphatic rings. The molecule has 0 fully saturated rings. The van der Waals surface area contributed by atoms with Gasteiger partial charge in [-0.1, -0.05) is 23.7 Å². The van der Waals surface area contributed by atoms with E-state index in [1.54, 1.807) is 24.3 Å². The van der Waals surface area contributed by atoms with Crippen molar-refractivity contribution in [3.8, 4) is 0 Å². The summed E-state index contributed by atoms with van der Waals surface area (Å²) in [6, 6.07) is 7.02. The third-order valence-electron chi connectivity index (χ3n) is 3.22. The molecule has 0 radical (unpaired) electrons. The number of nitrogens with zero attached hydrogens (tertiary/aromatic N) is 6. The van der Waals surface area contributed by atoms with Gasteiger partial charge in [0.05, 0.1) is 6.21 Å². The molecule has 1 aromatic carbocycles. The molecule has 0 spiro atoms. The highest BCUT2D eigenvalue weighted by Gasteiger charge is 2.14. The number of hydrogen-bond acceptors (Lipinski definition) is 5. The van der Waals surface area contributed by atoms with Crippen LogP contribution >= 0.6 is 11.6 Å². The summed E-state index contributed by atoms with van der Waals surface area (Å²) in [5, 5.41) is 12.3.